The van der Waals surface area contributed by atoms with E-state index in [-0.39, 0.29) is 17.6 Å². The zero-order valence-corrected chi connectivity index (χ0v) is 15.3. The summed E-state index contributed by atoms with van der Waals surface area (Å²) < 4.78 is 6.08. The van der Waals surface area contributed by atoms with Crippen molar-refractivity contribution in [2.45, 2.75) is 33.3 Å². The summed E-state index contributed by atoms with van der Waals surface area (Å²) in [5.41, 5.74) is 2.50. The van der Waals surface area contributed by atoms with E-state index in [4.69, 9.17) is 4.74 Å². The van der Waals surface area contributed by atoms with Gasteiger partial charge in [0.05, 0.1) is 13.1 Å². The highest BCUT2D eigenvalue weighted by atomic mass is 16.5. The molecular weight excluding hydrogens is 302 g/mol. The maximum Gasteiger partial charge on any atom is 0.317 e. The predicted octanol–water partition coefficient (Wildman–Crippen LogP) is 2.42. The molecule has 1 N–H and O–H groups in total. The molecule has 0 radical (unpaired) electrons. The fraction of sp³-hybridized carbons (Fsp3) is 0.632. The predicted molar refractivity (Wildman–Crippen MR) is 95.5 cm³/mol. The summed E-state index contributed by atoms with van der Waals surface area (Å²) in [6.45, 7) is 10.6. The lowest BCUT2D eigenvalue weighted by atomic mass is 9.90. The largest absolute Gasteiger partial charge is 0.486 e. The zero-order chi connectivity index (χ0) is 17.3. The first-order chi connectivity index (χ1) is 11.4. The first kappa shape index (κ1) is 17.1. The molecule has 5 heteroatoms. The number of nitrogens with one attached hydrogen (secondary N) is 1. The van der Waals surface area contributed by atoms with Crippen molar-refractivity contribution >= 4 is 6.03 Å². The highest BCUT2D eigenvalue weighted by Gasteiger charge is 2.36. The Morgan fingerprint density at radius 2 is 2.00 bits per heavy atom. The van der Waals surface area contributed by atoms with Gasteiger partial charge in [-0.15, -0.1) is 0 Å². The number of amides is 2. The van der Waals surface area contributed by atoms with Crippen LogP contribution in [0.25, 0.3) is 0 Å². The molecule has 1 atom stereocenters. The number of hydrogen-bond donors (Lipinski definition) is 1. The molecule has 0 saturated carbocycles. The molecule has 0 spiro atoms. The van der Waals surface area contributed by atoms with E-state index >= 15 is 0 Å². The maximum absolute atomic E-state index is 12.3. The number of likely N-dealkylation sites (tertiary alicyclic amines) is 2. The van der Waals surface area contributed by atoms with Crippen LogP contribution in [-0.4, -0.2) is 61.7 Å². The van der Waals surface area contributed by atoms with E-state index < -0.39 is 0 Å². The number of carbonyl (C=O) groups is 1. The van der Waals surface area contributed by atoms with Crippen molar-refractivity contribution < 1.29 is 9.53 Å². The molecule has 1 aromatic rings. The van der Waals surface area contributed by atoms with E-state index in [1.807, 2.05) is 11.0 Å². The lowest BCUT2D eigenvalue weighted by Crippen LogP contribution is -2.59. The normalized spacial score (nSPS) is 24.8. The van der Waals surface area contributed by atoms with Crippen molar-refractivity contribution in [3.05, 3.63) is 29.3 Å². The Hall–Kier alpha value is -1.75. The number of ether oxygens (including phenoxy) is 1. The van der Waals surface area contributed by atoms with Crippen molar-refractivity contribution in [1.82, 2.24) is 15.1 Å². The Balaban J connectivity index is 1.44. The van der Waals surface area contributed by atoms with Gasteiger partial charge in [0, 0.05) is 13.1 Å². The van der Waals surface area contributed by atoms with Crippen molar-refractivity contribution in [1.29, 1.82) is 0 Å². The van der Waals surface area contributed by atoms with Crippen LogP contribution in [0.15, 0.2) is 18.2 Å². The fourth-order valence-electron chi connectivity index (χ4n) is 3.65. The Bertz CT molecular complexity index is 592. The molecule has 0 aliphatic carbocycles. The molecule has 1 aromatic carbocycles. The minimum absolute atomic E-state index is 0.0344. The van der Waals surface area contributed by atoms with Gasteiger partial charge in [-0.25, -0.2) is 4.79 Å². The quantitative estimate of drug-likeness (QED) is 0.921. The summed E-state index contributed by atoms with van der Waals surface area (Å²) in [5, 5.41) is 3.10. The molecule has 3 rings (SSSR count). The highest BCUT2D eigenvalue weighted by Crippen LogP contribution is 2.28. The number of aryl methyl sites for hydroxylation is 2. The Morgan fingerprint density at radius 1 is 1.33 bits per heavy atom. The molecule has 0 bridgehead atoms. The average Bonchev–Trinajstić information content (AvgIpc) is 2.82. The summed E-state index contributed by atoms with van der Waals surface area (Å²) in [6.07, 6.45) is 1.24. The van der Waals surface area contributed by atoms with Gasteiger partial charge in [-0.1, -0.05) is 25.1 Å². The third-order valence-electron chi connectivity index (χ3n) is 5.24. The van der Waals surface area contributed by atoms with Crippen LogP contribution < -0.4 is 10.1 Å². The van der Waals surface area contributed by atoms with E-state index in [9.17, 15) is 4.79 Å². The second-order valence-corrected chi connectivity index (χ2v) is 7.82. The second-order valence-electron chi connectivity index (χ2n) is 7.82. The van der Waals surface area contributed by atoms with Gasteiger partial charge in [-0.05, 0) is 50.4 Å². The van der Waals surface area contributed by atoms with Crippen molar-refractivity contribution in [2.24, 2.45) is 5.41 Å². The third-order valence-corrected chi connectivity index (χ3v) is 5.24. The van der Waals surface area contributed by atoms with E-state index in [1.165, 1.54) is 0 Å². The molecule has 24 heavy (non-hydrogen) atoms. The summed E-state index contributed by atoms with van der Waals surface area (Å²) in [5.74, 6) is 0.962. The standard InChI is InChI=1S/C19H29N3O2/c1-14-6-5-7-15(2)17(14)24-16-10-22(11-16)18(23)20-12-19(3)8-9-21(4)13-19/h5-7,16H,8-13H2,1-4H3,(H,20,23)/t19-/m1/s1. The first-order valence-corrected chi connectivity index (χ1v) is 8.80. The molecule has 2 aliphatic rings. The van der Waals surface area contributed by atoms with Gasteiger partial charge in [-0.2, -0.15) is 0 Å². The van der Waals surface area contributed by atoms with E-state index in [2.05, 4.69) is 50.2 Å². The molecule has 2 amide bonds. The van der Waals surface area contributed by atoms with E-state index in [0.717, 1.165) is 42.9 Å². The van der Waals surface area contributed by atoms with E-state index in [1.54, 1.807) is 0 Å². The van der Waals surface area contributed by atoms with Gasteiger partial charge >= 0.3 is 6.03 Å². The number of rotatable bonds is 4. The van der Waals surface area contributed by atoms with Gasteiger partial charge < -0.3 is 19.9 Å². The van der Waals surface area contributed by atoms with Crippen molar-refractivity contribution in [2.75, 3.05) is 39.8 Å². The Morgan fingerprint density at radius 3 is 2.58 bits per heavy atom. The van der Waals surface area contributed by atoms with Gasteiger partial charge in [0.25, 0.3) is 0 Å². The molecule has 2 fully saturated rings. The molecule has 0 unspecified atom stereocenters. The minimum atomic E-state index is 0.0344. The summed E-state index contributed by atoms with van der Waals surface area (Å²) in [7, 11) is 2.14. The smallest absolute Gasteiger partial charge is 0.317 e. The van der Waals surface area contributed by atoms with Crippen LogP contribution in [0.4, 0.5) is 4.79 Å². The monoisotopic (exact) mass is 331 g/mol. The summed E-state index contributed by atoms with van der Waals surface area (Å²) in [6, 6.07) is 6.20. The number of nitrogens with zero attached hydrogens (tertiary/aromatic N) is 2. The van der Waals surface area contributed by atoms with E-state index in [0.29, 0.717) is 13.1 Å². The zero-order valence-electron chi connectivity index (χ0n) is 15.3. The first-order valence-electron chi connectivity index (χ1n) is 8.80. The Labute approximate surface area is 145 Å². The molecule has 0 aromatic heterocycles. The SMILES string of the molecule is Cc1cccc(C)c1OC1CN(C(=O)NC[C@@]2(C)CCN(C)C2)C1. The van der Waals surface area contributed by atoms with Gasteiger partial charge in [-0.3, -0.25) is 0 Å². The van der Waals surface area contributed by atoms with Gasteiger partial charge in [0.15, 0.2) is 0 Å². The summed E-state index contributed by atoms with van der Waals surface area (Å²) in [4.78, 5) is 16.4. The molecule has 5 nitrogen and oxygen atoms in total. The summed E-state index contributed by atoms with van der Waals surface area (Å²) >= 11 is 0. The Kier molecular flexibility index (Phi) is 4.72. The number of para-hydroxylation sites is 1. The van der Waals surface area contributed by atoms with Crippen LogP contribution in [0.2, 0.25) is 0 Å². The third kappa shape index (κ3) is 3.66. The molecule has 2 saturated heterocycles. The molecule has 2 heterocycles. The van der Waals surface area contributed by atoms with Crippen LogP contribution in [0.1, 0.15) is 24.5 Å². The van der Waals surface area contributed by atoms with Gasteiger partial charge in [0.2, 0.25) is 0 Å². The molecule has 2 aliphatic heterocycles. The minimum Gasteiger partial charge on any atom is -0.486 e. The topological polar surface area (TPSA) is 44.8 Å². The average molecular weight is 331 g/mol. The number of urea groups is 1. The maximum atomic E-state index is 12.3. The fourth-order valence-corrected chi connectivity index (χ4v) is 3.65. The lowest BCUT2D eigenvalue weighted by molar-refractivity contribution is 0.0427. The second kappa shape index (κ2) is 6.63. The van der Waals surface area contributed by atoms with Crippen molar-refractivity contribution in [3.63, 3.8) is 0 Å². The van der Waals surface area contributed by atoms with Crippen LogP contribution in [0.5, 0.6) is 5.75 Å². The molecular formula is C19H29N3O2. The highest BCUT2D eigenvalue weighted by molar-refractivity contribution is 5.75. The van der Waals surface area contributed by atoms with Crippen LogP contribution >= 0.6 is 0 Å². The lowest BCUT2D eigenvalue weighted by Gasteiger charge is -2.40. The number of hydrogen-bond acceptors (Lipinski definition) is 3. The van der Waals surface area contributed by atoms with Crippen LogP contribution in [-0.2, 0) is 0 Å². The molecule has 132 valence electrons. The van der Waals surface area contributed by atoms with Crippen molar-refractivity contribution in [3.8, 4) is 5.75 Å². The van der Waals surface area contributed by atoms with Crippen LogP contribution in [0.3, 0.4) is 0 Å². The number of carbonyl (C=O) groups excluding carboxylic acids is 1. The number of benzene rings is 1. The van der Waals surface area contributed by atoms with Crippen LogP contribution in [0, 0.1) is 19.3 Å². The van der Waals surface area contributed by atoms with Gasteiger partial charge in [0.1, 0.15) is 11.9 Å².